The number of rotatable bonds is 4. The van der Waals surface area contributed by atoms with Crippen molar-refractivity contribution in [2.75, 3.05) is 23.9 Å². The van der Waals surface area contributed by atoms with E-state index in [0.29, 0.717) is 23.0 Å². The molecule has 2 aromatic carbocycles. The second-order valence-corrected chi connectivity index (χ2v) is 7.44. The van der Waals surface area contributed by atoms with Gasteiger partial charge in [0.1, 0.15) is 5.75 Å². The Bertz CT molecular complexity index is 872. The zero-order valence-corrected chi connectivity index (χ0v) is 16.7. The molecule has 0 spiro atoms. The van der Waals surface area contributed by atoms with Crippen molar-refractivity contribution in [3.8, 4) is 5.75 Å². The Balaban J connectivity index is 1.74. The van der Waals surface area contributed by atoms with E-state index < -0.39 is 5.92 Å². The van der Waals surface area contributed by atoms with Gasteiger partial charge in [0, 0.05) is 34.9 Å². The molecular weight excluding hydrogens is 420 g/mol. The number of benzene rings is 2. The Morgan fingerprint density at radius 2 is 2.12 bits per heavy atom. The first-order valence-corrected chi connectivity index (χ1v) is 9.27. The Hall–Kier alpha value is -2.05. The molecular formula is C19H18BrClN2O3. The highest BCUT2D eigenvalue weighted by Gasteiger charge is 2.35. The third-order valence-electron chi connectivity index (χ3n) is 4.39. The molecule has 136 valence electrons. The van der Waals surface area contributed by atoms with Crippen LogP contribution >= 0.6 is 27.5 Å². The minimum absolute atomic E-state index is 0.0797. The maximum atomic E-state index is 12.6. The molecule has 1 saturated heterocycles. The first-order chi connectivity index (χ1) is 12.4. The van der Waals surface area contributed by atoms with Gasteiger partial charge in [-0.1, -0.05) is 17.7 Å². The van der Waals surface area contributed by atoms with Gasteiger partial charge in [-0.3, -0.25) is 9.59 Å². The Morgan fingerprint density at radius 1 is 1.35 bits per heavy atom. The zero-order valence-electron chi connectivity index (χ0n) is 14.4. The summed E-state index contributed by atoms with van der Waals surface area (Å²) in [5.41, 5.74) is 2.27. The van der Waals surface area contributed by atoms with E-state index in [0.717, 1.165) is 15.7 Å². The number of nitrogens with one attached hydrogen (secondary N) is 1. The van der Waals surface area contributed by atoms with Crippen LogP contribution in [0, 0.1) is 12.8 Å². The molecule has 2 aromatic rings. The van der Waals surface area contributed by atoms with E-state index in [4.69, 9.17) is 16.3 Å². The molecule has 1 fully saturated rings. The summed E-state index contributed by atoms with van der Waals surface area (Å²) in [6, 6.07) is 10.8. The molecule has 1 aliphatic rings. The summed E-state index contributed by atoms with van der Waals surface area (Å²) < 4.78 is 5.98. The Morgan fingerprint density at radius 3 is 2.85 bits per heavy atom. The largest absolute Gasteiger partial charge is 0.497 e. The molecule has 1 N–H and O–H groups in total. The van der Waals surface area contributed by atoms with Crippen molar-refractivity contribution in [3.63, 3.8) is 0 Å². The van der Waals surface area contributed by atoms with Gasteiger partial charge in [0.15, 0.2) is 0 Å². The average Bonchev–Trinajstić information content (AvgIpc) is 3.01. The molecule has 7 heteroatoms. The van der Waals surface area contributed by atoms with Crippen LogP contribution in [0.4, 0.5) is 11.4 Å². The van der Waals surface area contributed by atoms with Crippen molar-refractivity contribution < 1.29 is 14.3 Å². The zero-order chi connectivity index (χ0) is 18.8. The molecule has 1 heterocycles. The van der Waals surface area contributed by atoms with E-state index in [2.05, 4.69) is 21.2 Å². The minimum atomic E-state index is -0.421. The summed E-state index contributed by atoms with van der Waals surface area (Å²) in [5.74, 6) is -0.0203. The molecule has 1 aliphatic heterocycles. The summed E-state index contributed by atoms with van der Waals surface area (Å²) in [4.78, 5) is 26.6. The van der Waals surface area contributed by atoms with Gasteiger partial charge >= 0.3 is 0 Å². The van der Waals surface area contributed by atoms with Crippen molar-refractivity contribution in [2.24, 2.45) is 5.92 Å². The number of hydrogen-bond acceptors (Lipinski definition) is 3. The number of ether oxygens (including phenoxy) is 1. The molecule has 2 amide bonds. The van der Waals surface area contributed by atoms with Gasteiger partial charge in [0.05, 0.1) is 18.1 Å². The number of amides is 2. The number of carbonyl (C=O) groups is 2. The SMILES string of the molecule is COc1cccc(N2C[C@@H](C(=O)Nc3cc(Cl)c(Br)cc3C)CC2=O)c1. The summed E-state index contributed by atoms with van der Waals surface area (Å²) in [5, 5.41) is 3.41. The van der Waals surface area contributed by atoms with Crippen LogP contribution in [-0.4, -0.2) is 25.5 Å². The first kappa shape index (κ1) is 18.7. The number of halogens is 2. The highest BCUT2D eigenvalue weighted by Crippen LogP contribution is 2.31. The normalized spacial score (nSPS) is 16.7. The highest BCUT2D eigenvalue weighted by molar-refractivity contribution is 9.10. The maximum Gasteiger partial charge on any atom is 0.229 e. The number of aryl methyl sites for hydroxylation is 1. The van der Waals surface area contributed by atoms with Gasteiger partial charge < -0.3 is 15.0 Å². The average molecular weight is 438 g/mol. The predicted octanol–water partition coefficient (Wildman–Crippen LogP) is 4.41. The molecule has 5 nitrogen and oxygen atoms in total. The van der Waals surface area contributed by atoms with Crippen LogP contribution in [0.1, 0.15) is 12.0 Å². The topological polar surface area (TPSA) is 58.6 Å². The van der Waals surface area contributed by atoms with Crippen LogP contribution in [0.5, 0.6) is 5.75 Å². The van der Waals surface area contributed by atoms with Crippen LogP contribution in [0.15, 0.2) is 40.9 Å². The first-order valence-electron chi connectivity index (χ1n) is 8.10. The molecule has 0 bridgehead atoms. The molecule has 0 saturated carbocycles. The molecule has 3 rings (SSSR count). The lowest BCUT2D eigenvalue weighted by molar-refractivity contribution is -0.122. The van der Waals surface area contributed by atoms with E-state index >= 15 is 0 Å². The van der Waals surface area contributed by atoms with Crippen LogP contribution in [0.2, 0.25) is 5.02 Å². The molecule has 1 atom stereocenters. The molecule has 0 radical (unpaired) electrons. The molecule has 0 aliphatic carbocycles. The number of hydrogen-bond donors (Lipinski definition) is 1. The fourth-order valence-corrected chi connectivity index (χ4v) is 3.55. The highest BCUT2D eigenvalue weighted by atomic mass is 79.9. The summed E-state index contributed by atoms with van der Waals surface area (Å²) in [6.45, 7) is 2.22. The fourth-order valence-electron chi connectivity index (χ4n) is 2.93. The second kappa shape index (κ2) is 7.68. The van der Waals surface area contributed by atoms with Crippen LogP contribution < -0.4 is 15.0 Å². The van der Waals surface area contributed by atoms with Crippen molar-refractivity contribution in [2.45, 2.75) is 13.3 Å². The number of nitrogens with zero attached hydrogens (tertiary/aromatic N) is 1. The van der Waals surface area contributed by atoms with Gasteiger partial charge in [0.2, 0.25) is 11.8 Å². The fraction of sp³-hybridized carbons (Fsp3) is 0.263. The Kier molecular flexibility index (Phi) is 5.53. The van der Waals surface area contributed by atoms with Crippen LogP contribution in [-0.2, 0) is 9.59 Å². The van der Waals surface area contributed by atoms with Crippen LogP contribution in [0.25, 0.3) is 0 Å². The lowest BCUT2D eigenvalue weighted by atomic mass is 10.1. The summed E-state index contributed by atoms with van der Waals surface area (Å²) in [7, 11) is 1.58. The number of carbonyl (C=O) groups excluding carboxylic acids is 2. The molecule has 26 heavy (non-hydrogen) atoms. The third-order valence-corrected chi connectivity index (χ3v) is 5.58. The predicted molar refractivity (Wildman–Crippen MR) is 106 cm³/mol. The van der Waals surface area contributed by atoms with E-state index in [1.165, 1.54) is 0 Å². The van der Waals surface area contributed by atoms with E-state index in [1.54, 1.807) is 24.1 Å². The quantitative estimate of drug-likeness (QED) is 0.771. The van der Waals surface area contributed by atoms with Gasteiger partial charge in [-0.15, -0.1) is 0 Å². The van der Waals surface area contributed by atoms with Gasteiger partial charge in [-0.05, 0) is 52.7 Å². The summed E-state index contributed by atoms with van der Waals surface area (Å²) >= 11 is 9.47. The standard InChI is InChI=1S/C19H18BrClN2O3/c1-11-6-15(20)16(21)9-17(11)22-19(25)12-7-18(24)23(10-12)13-4-3-5-14(8-13)26-2/h3-6,8-9,12H,7,10H2,1-2H3,(H,22,25)/t12-/m0/s1. The van der Waals surface area contributed by atoms with Crippen molar-refractivity contribution >= 4 is 50.7 Å². The second-order valence-electron chi connectivity index (χ2n) is 6.18. The number of methoxy groups -OCH3 is 1. The minimum Gasteiger partial charge on any atom is -0.497 e. The van der Waals surface area contributed by atoms with E-state index in [1.807, 2.05) is 31.2 Å². The third kappa shape index (κ3) is 3.86. The van der Waals surface area contributed by atoms with E-state index in [-0.39, 0.29) is 18.2 Å². The van der Waals surface area contributed by atoms with Crippen molar-refractivity contribution in [1.29, 1.82) is 0 Å². The van der Waals surface area contributed by atoms with E-state index in [9.17, 15) is 9.59 Å². The molecule has 0 aromatic heterocycles. The van der Waals surface area contributed by atoms with Crippen molar-refractivity contribution in [3.05, 3.63) is 51.5 Å². The van der Waals surface area contributed by atoms with Gasteiger partial charge in [-0.25, -0.2) is 0 Å². The maximum absolute atomic E-state index is 12.6. The Labute approximate surface area is 165 Å². The van der Waals surface area contributed by atoms with Gasteiger partial charge in [-0.2, -0.15) is 0 Å². The van der Waals surface area contributed by atoms with Gasteiger partial charge in [0.25, 0.3) is 0 Å². The van der Waals surface area contributed by atoms with Crippen LogP contribution in [0.3, 0.4) is 0 Å². The smallest absolute Gasteiger partial charge is 0.229 e. The van der Waals surface area contributed by atoms with Crippen molar-refractivity contribution in [1.82, 2.24) is 0 Å². The lowest BCUT2D eigenvalue weighted by Crippen LogP contribution is -2.28. The molecule has 0 unspecified atom stereocenters. The lowest BCUT2D eigenvalue weighted by Gasteiger charge is -2.18. The monoisotopic (exact) mass is 436 g/mol. The summed E-state index contributed by atoms with van der Waals surface area (Å²) in [6.07, 6.45) is 0.173. The number of anilines is 2.